The van der Waals surface area contributed by atoms with E-state index in [-0.39, 0.29) is 41.2 Å². The summed E-state index contributed by atoms with van der Waals surface area (Å²) in [6.45, 7) is 14.9. The first-order chi connectivity index (χ1) is 17.9. The monoisotopic (exact) mass is 593 g/mol. The van der Waals surface area contributed by atoms with Crippen molar-refractivity contribution in [2.75, 3.05) is 17.6 Å². The molecule has 1 aromatic heterocycles. The maximum Gasteiger partial charge on any atom is 0.308 e. The van der Waals surface area contributed by atoms with Gasteiger partial charge in [0.25, 0.3) is 0 Å². The summed E-state index contributed by atoms with van der Waals surface area (Å²) in [7, 11) is -3.26. The number of carbonyl (C=O) groups is 1. The Hall–Kier alpha value is -2.21. The lowest BCUT2D eigenvalue weighted by Crippen LogP contribution is -2.46. The van der Waals surface area contributed by atoms with Crippen molar-refractivity contribution in [2.24, 2.45) is 0 Å². The first-order valence-electron chi connectivity index (χ1n) is 13.1. The Morgan fingerprint density at radius 3 is 2.38 bits per heavy atom. The molecule has 1 unspecified atom stereocenters. The zero-order valence-corrected chi connectivity index (χ0v) is 26.9. The minimum absolute atomic E-state index is 0.0229. The molecule has 7 nitrogen and oxygen atoms in total. The summed E-state index contributed by atoms with van der Waals surface area (Å²) < 4.78 is 40.0. The molecule has 1 aliphatic rings. The maximum atomic E-state index is 13.8. The molecule has 2 heterocycles. The first-order valence-corrected chi connectivity index (χ1v) is 18.8. The number of carbonyl (C=O) groups excluding carboxylic acids is 1. The van der Waals surface area contributed by atoms with E-state index in [0.29, 0.717) is 28.9 Å². The zero-order chi connectivity index (χ0) is 29.3. The fraction of sp³-hybridized carbons (Fsp3) is 0.536. The van der Waals surface area contributed by atoms with Crippen LogP contribution in [-0.2, 0) is 33.8 Å². The molecule has 39 heavy (non-hydrogen) atoms. The van der Waals surface area contributed by atoms with Gasteiger partial charge in [0.05, 0.1) is 23.9 Å². The van der Waals surface area contributed by atoms with Gasteiger partial charge in [-0.05, 0) is 54.4 Å². The number of halogens is 1. The standard InChI is InChI=1S/C28H40FN3O4S2Si/c1-18(2)25-23(15-14-21-16-22(17-24(33)35-21)36-39(8,9)28(3,4)5)26(19-10-12-20(29)13-11-19)31-27(30-25)32(6)38(7,34)37/h10-15,18,21-22H,16-17H2,1-9H3/b15-14+/t21-,22-,38?/m1/s1. The van der Waals surface area contributed by atoms with Crippen molar-refractivity contribution in [2.45, 2.75) is 83.7 Å². The molecule has 11 heteroatoms. The zero-order valence-electron chi connectivity index (χ0n) is 24.3. The fourth-order valence-corrected chi connectivity index (χ4v) is 5.94. The van der Waals surface area contributed by atoms with Crippen LogP contribution < -0.4 is 4.31 Å². The lowest BCUT2D eigenvalue weighted by atomic mass is 9.97. The minimum atomic E-state index is -2.79. The smallest absolute Gasteiger partial charge is 0.308 e. The van der Waals surface area contributed by atoms with Crippen molar-refractivity contribution in [1.29, 1.82) is 0 Å². The Bertz CT molecular complexity index is 1340. The minimum Gasteiger partial charge on any atom is -0.458 e. The second-order valence-corrected chi connectivity index (χ2v) is 20.5. The van der Waals surface area contributed by atoms with E-state index in [4.69, 9.17) is 30.3 Å². The summed E-state index contributed by atoms with van der Waals surface area (Å²) in [5.74, 6) is -0.459. The predicted molar refractivity (Wildman–Crippen MR) is 162 cm³/mol. The lowest BCUT2D eigenvalue weighted by molar-refractivity contribution is -0.155. The molecule has 1 aliphatic heterocycles. The second-order valence-electron chi connectivity index (χ2n) is 11.9. The third kappa shape index (κ3) is 7.71. The van der Waals surface area contributed by atoms with Crippen LogP contribution in [0.4, 0.5) is 10.3 Å². The summed E-state index contributed by atoms with van der Waals surface area (Å²) in [4.78, 5) is 22.0. The number of ether oxygens (including phenoxy) is 1. The molecule has 3 rings (SSSR count). The van der Waals surface area contributed by atoms with Gasteiger partial charge in [0, 0.05) is 42.0 Å². The van der Waals surface area contributed by atoms with Gasteiger partial charge in [0.2, 0.25) is 5.95 Å². The van der Waals surface area contributed by atoms with Crippen LogP contribution in [-0.4, -0.2) is 54.0 Å². The molecule has 0 amide bonds. The lowest BCUT2D eigenvalue weighted by Gasteiger charge is -2.40. The average molecular weight is 594 g/mol. The van der Waals surface area contributed by atoms with Crippen molar-refractivity contribution >= 4 is 46.2 Å². The molecular weight excluding hydrogens is 554 g/mol. The van der Waals surface area contributed by atoms with Crippen molar-refractivity contribution < 1.29 is 22.6 Å². The Morgan fingerprint density at radius 1 is 1.23 bits per heavy atom. The largest absolute Gasteiger partial charge is 0.458 e. The van der Waals surface area contributed by atoms with E-state index in [1.165, 1.54) is 22.7 Å². The van der Waals surface area contributed by atoms with Gasteiger partial charge in [-0.25, -0.2) is 18.6 Å². The van der Waals surface area contributed by atoms with E-state index >= 15 is 0 Å². The Labute approximate surface area is 238 Å². The van der Waals surface area contributed by atoms with Crippen LogP contribution in [0.1, 0.15) is 64.6 Å². The normalized spacial score (nSPS) is 20.2. The van der Waals surface area contributed by atoms with Crippen LogP contribution in [0.25, 0.3) is 17.3 Å². The van der Waals surface area contributed by atoms with Crippen LogP contribution in [0.2, 0.25) is 18.1 Å². The highest BCUT2D eigenvalue weighted by Gasteiger charge is 2.41. The molecule has 0 saturated carbocycles. The molecule has 214 valence electrons. The van der Waals surface area contributed by atoms with Crippen molar-refractivity contribution in [3.05, 3.63) is 47.4 Å². The van der Waals surface area contributed by atoms with Gasteiger partial charge < -0.3 is 9.16 Å². The quantitative estimate of drug-likeness (QED) is 0.265. The van der Waals surface area contributed by atoms with Gasteiger partial charge in [-0.15, -0.1) is 0 Å². The average Bonchev–Trinajstić information content (AvgIpc) is 2.80. The van der Waals surface area contributed by atoms with Crippen LogP contribution in [0.3, 0.4) is 0 Å². The highest BCUT2D eigenvalue weighted by molar-refractivity contribution is 8.33. The number of hydrogen-bond acceptors (Lipinski definition) is 7. The Morgan fingerprint density at radius 2 is 1.85 bits per heavy atom. The number of aromatic nitrogens is 2. The summed E-state index contributed by atoms with van der Waals surface area (Å²) in [5, 5.41) is 0.0229. The number of benzene rings is 1. The third-order valence-corrected chi connectivity index (χ3v) is 13.7. The number of cyclic esters (lactones) is 1. The molecule has 2 aromatic rings. The van der Waals surface area contributed by atoms with Crippen LogP contribution in [0, 0.1) is 5.82 Å². The van der Waals surface area contributed by atoms with Gasteiger partial charge in [0.1, 0.15) is 20.6 Å². The number of esters is 1. The van der Waals surface area contributed by atoms with Gasteiger partial charge in [-0.2, -0.15) is 0 Å². The van der Waals surface area contributed by atoms with Gasteiger partial charge in [-0.1, -0.05) is 40.7 Å². The highest BCUT2D eigenvalue weighted by Crippen LogP contribution is 2.39. The Balaban J connectivity index is 2.06. The van der Waals surface area contributed by atoms with Crippen molar-refractivity contribution in [1.82, 2.24) is 9.97 Å². The summed E-state index contributed by atoms with van der Waals surface area (Å²) in [5.41, 5.74) is 2.63. The van der Waals surface area contributed by atoms with Gasteiger partial charge in [0.15, 0.2) is 8.32 Å². The summed E-state index contributed by atoms with van der Waals surface area (Å²) in [6, 6.07) is 6.02. The molecule has 1 aromatic carbocycles. The van der Waals surface area contributed by atoms with E-state index in [1.807, 2.05) is 26.0 Å². The van der Waals surface area contributed by atoms with Crippen molar-refractivity contribution in [3.63, 3.8) is 0 Å². The second kappa shape index (κ2) is 11.7. The molecule has 0 radical (unpaired) electrons. The predicted octanol–water partition coefficient (Wildman–Crippen LogP) is 6.24. The van der Waals surface area contributed by atoms with E-state index in [1.54, 1.807) is 19.2 Å². The third-order valence-electron chi connectivity index (χ3n) is 7.32. The number of rotatable bonds is 8. The molecule has 0 spiro atoms. The first kappa shape index (κ1) is 31.3. The van der Waals surface area contributed by atoms with Crippen LogP contribution >= 0.6 is 0 Å². The van der Waals surface area contributed by atoms with Crippen LogP contribution in [0.5, 0.6) is 0 Å². The molecule has 0 bridgehead atoms. The topological polar surface area (TPSA) is 81.6 Å². The van der Waals surface area contributed by atoms with Crippen molar-refractivity contribution in [3.8, 4) is 11.3 Å². The number of nitrogens with zero attached hydrogens (tertiary/aromatic N) is 3. The summed E-state index contributed by atoms with van der Waals surface area (Å²) >= 11 is 5.18. The highest BCUT2D eigenvalue weighted by atomic mass is 32.8. The van der Waals surface area contributed by atoms with Gasteiger partial charge >= 0.3 is 5.97 Å². The van der Waals surface area contributed by atoms with Gasteiger partial charge in [-0.3, -0.25) is 9.10 Å². The molecule has 0 aliphatic carbocycles. The molecule has 1 saturated heterocycles. The Kier molecular flexibility index (Phi) is 9.41. The SMILES string of the molecule is CC(C)c1nc(N(C)S(C)(=O)=S)nc(-c2ccc(F)cc2)c1/C=C/[C@@H]1C[C@@H](O[Si](C)(C)C(C)(C)C)CC(=O)O1. The molecule has 3 atom stereocenters. The van der Waals surface area contributed by atoms with E-state index in [0.717, 1.165) is 0 Å². The van der Waals surface area contributed by atoms with Crippen LogP contribution in [0.15, 0.2) is 30.3 Å². The molecular formula is C28H40FN3O4S2Si. The molecule has 0 N–H and O–H groups in total. The van der Waals surface area contributed by atoms with E-state index < -0.39 is 23.1 Å². The number of hydrogen-bond donors (Lipinski definition) is 0. The van der Waals surface area contributed by atoms with E-state index in [2.05, 4.69) is 33.9 Å². The van der Waals surface area contributed by atoms with E-state index in [9.17, 15) is 13.4 Å². The maximum absolute atomic E-state index is 13.8. The molecule has 1 fully saturated rings. The fourth-order valence-electron chi connectivity index (χ4n) is 3.99. The summed E-state index contributed by atoms with van der Waals surface area (Å²) in [6.07, 6.45) is 5.24. The number of anilines is 1.